The standard InChI is InChI=1S/C17H17NO3/c1-18-14-9-3-5-11(20)15-17(9)7-16(14,18)6-8-2-4-10(19)13(21-15)12(8)17/h2-5,9,11,14-15,19-20H,6-7H2,1H3. The van der Waals surface area contributed by atoms with E-state index in [9.17, 15) is 10.2 Å². The maximum atomic E-state index is 10.4. The van der Waals surface area contributed by atoms with Crippen LogP contribution in [0.1, 0.15) is 17.5 Å². The molecule has 2 heterocycles. The summed E-state index contributed by atoms with van der Waals surface area (Å²) in [4.78, 5) is 2.50. The van der Waals surface area contributed by atoms with Crippen LogP contribution in [-0.2, 0) is 11.8 Å². The first-order valence-electron chi connectivity index (χ1n) is 7.71. The van der Waals surface area contributed by atoms with Gasteiger partial charge in [-0.2, -0.15) is 0 Å². The number of phenolic OH excluding ortho intramolecular Hbond substituents is 1. The molecule has 1 saturated heterocycles. The molecule has 1 aromatic rings. The van der Waals surface area contributed by atoms with Gasteiger partial charge in [0.15, 0.2) is 11.5 Å². The highest BCUT2D eigenvalue weighted by molar-refractivity contribution is 5.65. The van der Waals surface area contributed by atoms with Crippen LogP contribution >= 0.6 is 0 Å². The van der Waals surface area contributed by atoms with Crippen molar-refractivity contribution >= 4 is 0 Å². The van der Waals surface area contributed by atoms with Crippen LogP contribution in [0.2, 0.25) is 0 Å². The highest BCUT2D eigenvalue weighted by atomic mass is 16.5. The second kappa shape index (κ2) is 2.85. The summed E-state index contributed by atoms with van der Waals surface area (Å²) < 4.78 is 6.10. The van der Waals surface area contributed by atoms with Crippen LogP contribution in [0.15, 0.2) is 24.3 Å². The van der Waals surface area contributed by atoms with E-state index in [-0.39, 0.29) is 22.8 Å². The van der Waals surface area contributed by atoms with Gasteiger partial charge in [0, 0.05) is 28.5 Å². The Morgan fingerprint density at radius 3 is 3.05 bits per heavy atom. The van der Waals surface area contributed by atoms with Crippen molar-refractivity contribution in [2.24, 2.45) is 5.92 Å². The Morgan fingerprint density at radius 2 is 2.19 bits per heavy atom. The van der Waals surface area contributed by atoms with Crippen LogP contribution in [0.3, 0.4) is 0 Å². The normalized spacial score (nSPS) is 53.1. The number of rotatable bonds is 0. The Labute approximate surface area is 122 Å². The first kappa shape index (κ1) is 11.1. The number of hydrogen-bond donors (Lipinski definition) is 2. The molecular formula is C17H17NO3. The van der Waals surface area contributed by atoms with Gasteiger partial charge >= 0.3 is 0 Å². The molecule has 4 nitrogen and oxygen atoms in total. The molecule has 0 radical (unpaired) electrons. The molecule has 3 aliphatic carbocycles. The number of aliphatic hydroxyl groups excluding tert-OH is 1. The Hall–Kier alpha value is -1.52. The third-order valence-corrected chi connectivity index (χ3v) is 6.90. The number of hydrogen-bond acceptors (Lipinski definition) is 4. The predicted molar refractivity (Wildman–Crippen MR) is 75.4 cm³/mol. The average Bonchev–Trinajstić information content (AvgIpc) is 2.82. The number of phenols is 1. The zero-order valence-corrected chi connectivity index (χ0v) is 11.8. The first-order chi connectivity index (χ1) is 10.1. The van der Waals surface area contributed by atoms with Crippen molar-refractivity contribution in [3.63, 3.8) is 0 Å². The maximum absolute atomic E-state index is 10.4. The molecule has 2 fully saturated rings. The van der Waals surface area contributed by atoms with Gasteiger partial charge in [0.1, 0.15) is 12.2 Å². The number of likely N-dealkylation sites (tertiary alicyclic amines) is 1. The van der Waals surface area contributed by atoms with Crippen molar-refractivity contribution in [2.75, 3.05) is 7.05 Å². The summed E-state index contributed by atoms with van der Waals surface area (Å²) in [6.45, 7) is 0. The third-order valence-electron chi connectivity index (χ3n) is 6.90. The SMILES string of the molecule is CN1C2C3C=CC(O)C4Oc5c(O)ccc6c5C34CC21C6. The summed E-state index contributed by atoms with van der Waals surface area (Å²) in [6.07, 6.45) is 5.35. The van der Waals surface area contributed by atoms with Crippen LogP contribution in [-0.4, -0.2) is 45.9 Å². The zero-order valence-electron chi connectivity index (χ0n) is 11.8. The van der Waals surface area contributed by atoms with Gasteiger partial charge in [-0.1, -0.05) is 18.2 Å². The number of aliphatic hydroxyl groups is 1. The van der Waals surface area contributed by atoms with E-state index in [1.165, 1.54) is 11.1 Å². The topological polar surface area (TPSA) is 52.7 Å². The van der Waals surface area contributed by atoms with Crippen LogP contribution in [0, 0.1) is 5.92 Å². The summed E-state index contributed by atoms with van der Waals surface area (Å²) >= 11 is 0. The van der Waals surface area contributed by atoms with Crippen molar-refractivity contribution in [3.05, 3.63) is 35.4 Å². The van der Waals surface area contributed by atoms with Crippen molar-refractivity contribution < 1.29 is 14.9 Å². The smallest absolute Gasteiger partial charge is 0.165 e. The maximum Gasteiger partial charge on any atom is 0.165 e. The number of likely N-dealkylation sites (N-methyl/N-ethyl adjacent to an activating group) is 1. The van der Waals surface area contributed by atoms with E-state index < -0.39 is 6.10 Å². The summed E-state index contributed by atoms with van der Waals surface area (Å²) in [5.41, 5.74) is 2.60. The molecule has 0 amide bonds. The fourth-order valence-corrected chi connectivity index (χ4v) is 6.18. The van der Waals surface area contributed by atoms with E-state index in [0.29, 0.717) is 17.7 Å². The summed E-state index contributed by atoms with van der Waals surface area (Å²) in [7, 11) is 2.22. The molecular weight excluding hydrogens is 266 g/mol. The monoisotopic (exact) mass is 283 g/mol. The number of ether oxygens (including phenoxy) is 1. The molecule has 4 heteroatoms. The lowest BCUT2D eigenvalue weighted by molar-refractivity contribution is 0.00116. The lowest BCUT2D eigenvalue weighted by Gasteiger charge is -2.45. The van der Waals surface area contributed by atoms with E-state index in [1.807, 2.05) is 6.08 Å². The number of fused-ring (bicyclic) bond motifs is 1. The molecule has 2 aliphatic heterocycles. The summed E-state index contributed by atoms with van der Waals surface area (Å²) in [5, 5.41) is 20.7. The minimum absolute atomic E-state index is 0.132. The van der Waals surface area contributed by atoms with Gasteiger partial charge in [-0.25, -0.2) is 0 Å². The first-order valence-corrected chi connectivity index (χ1v) is 7.71. The van der Waals surface area contributed by atoms with Gasteiger partial charge < -0.3 is 14.9 Å². The molecule has 2 bridgehead atoms. The van der Waals surface area contributed by atoms with E-state index in [0.717, 1.165) is 12.8 Å². The minimum Gasteiger partial charge on any atom is -0.504 e. The molecule has 0 aromatic heterocycles. The number of piperidine rings is 1. The van der Waals surface area contributed by atoms with Crippen molar-refractivity contribution in [1.82, 2.24) is 4.90 Å². The molecule has 7 atom stereocenters. The lowest BCUT2D eigenvalue weighted by atomic mass is 9.61. The molecule has 1 saturated carbocycles. The Balaban J connectivity index is 1.72. The van der Waals surface area contributed by atoms with Crippen molar-refractivity contribution in [3.8, 4) is 11.5 Å². The number of aromatic hydroxyl groups is 1. The van der Waals surface area contributed by atoms with Gasteiger partial charge in [0.05, 0.1) is 0 Å². The van der Waals surface area contributed by atoms with Gasteiger partial charge in [0.25, 0.3) is 0 Å². The van der Waals surface area contributed by atoms with E-state index >= 15 is 0 Å². The average molecular weight is 283 g/mol. The summed E-state index contributed by atoms with van der Waals surface area (Å²) in [5.74, 6) is 1.23. The quantitative estimate of drug-likeness (QED) is 0.550. The molecule has 2 spiro atoms. The van der Waals surface area contributed by atoms with Gasteiger partial charge in [0.2, 0.25) is 0 Å². The van der Waals surface area contributed by atoms with E-state index in [1.54, 1.807) is 6.07 Å². The van der Waals surface area contributed by atoms with E-state index in [4.69, 9.17) is 4.74 Å². The number of nitrogens with zero attached hydrogens (tertiary/aromatic N) is 1. The second-order valence-corrected chi connectivity index (χ2v) is 7.44. The molecule has 2 N–H and O–H groups in total. The van der Waals surface area contributed by atoms with Crippen LogP contribution in [0.5, 0.6) is 11.5 Å². The Morgan fingerprint density at radius 1 is 1.33 bits per heavy atom. The summed E-state index contributed by atoms with van der Waals surface area (Å²) in [6, 6.07) is 4.35. The molecule has 21 heavy (non-hydrogen) atoms. The number of benzene rings is 1. The second-order valence-electron chi connectivity index (χ2n) is 7.44. The van der Waals surface area contributed by atoms with Crippen molar-refractivity contribution in [1.29, 1.82) is 0 Å². The molecule has 6 rings (SSSR count). The fourth-order valence-electron chi connectivity index (χ4n) is 6.18. The lowest BCUT2D eigenvalue weighted by Crippen LogP contribution is -2.54. The van der Waals surface area contributed by atoms with Gasteiger partial charge in [-0.05, 0) is 31.5 Å². The van der Waals surface area contributed by atoms with E-state index in [2.05, 4.69) is 24.1 Å². The van der Waals surface area contributed by atoms with Crippen molar-refractivity contribution in [2.45, 2.75) is 42.0 Å². The molecule has 7 unspecified atom stereocenters. The predicted octanol–water partition coefficient (Wildman–Crippen LogP) is 0.951. The highest BCUT2D eigenvalue weighted by Crippen LogP contribution is 2.74. The third kappa shape index (κ3) is 0.881. The minimum atomic E-state index is -0.584. The highest BCUT2D eigenvalue weighted by Gasteiger charge is 2.81. The van der Waals surface area contributed by atoms with Crippen LogP contribution in [0.4, 0.5) is 0 Å². The van der Waals surface area contributed by atoms with Gasteiger partial charge in [-0.15, -0.1) is 0 Å². The Kier molecular flexibility index (Phi) is 1.51. The van der Waals surface area contributed by atoms with Crippen LogP contribution in [0.25, 0.3) is 0 Å². The molecule has 5 aliphatic rings. The zero-order chi connectivity index (χ0) is 14.1. The molecule has 1 aromatic carbocycles. The molecule has 108 valence electrons. The fraction of sp³-hybridized carbons (Fsp3) is 0.529. The largest absolute Gasteiger partial charge is 0.504 e. The van der Waals surface area contributed by atoms with Crippen LogP contribution < -0.4 is 4.74 Å². The van der Waals surface area contributed by atoms with Gasteiger partial charge in [-0.3, -0.25) is 4.90 Å². The Bertz CT molecular complexity index is 744.